The third kappa shape index (κ3) is 2.76. The number of hydrogen-bond donors (Lipinski definition) is 0. The molecule has 0 bridgehead atoms. The molecule has 4 aromatic rings. The summed E-state index contributed by atoms with van der Waals surface area (Å²) in [6.07, 6.45) is 0. The van der Waals surface area contributed by atoms with Gasteiger partial charge in [-0.1, -0.05) is 66.7 Å². The van der Waals surface area contributed by atoms with E-state index >= 15 is 0 Å². The topological polar surface area (TPSA) is 37.4 Å². The average Bonchev–Trinajstić information content (AvgIpc) is 2.75. The van der Waals surface area contributed by atoms with Crippen molar-refractivity contribution in [1.29, 1.82) is 0 Å². The highest BCUT2D eigenvalue weighted by molar-refractivity contribution is 7.92. The molecule has 5 rings (SSSR count). The molecule has 0 N–H and O–H groups in total. The van der Waals surface area contributed by atoms with Gasteiger partial charge in [-0.25, -0.2) is 8.42 Å². The van der Waals surface area contributed by atoms with Crippen LogP contribution in [0.3, 0.4) is 0 Å². The second-order valence-electron chi connectivity index (χ2n) is 7.16. The Hall–Kier alpha value is -3.37. The van der Waals surface area contributed by atoms with Crippen LogP contribution in [0.15, 0.2) is 107 Å². The second-order valence-corrected chi connectivity index (χ2v) is 9.05. The van der Waals surface area contributed by atoms with Crippen molar-refractivity contribution >= 4 is 26.9 Å². The van der Waals surface area contributed by atoms with Crippen molar-refractivity contribution in [2.24, 2.45) is 0 Å². The van der Waals surface area contributed by atoms with Crippen LogP contribution in [0.1, 0.15) is 5.56 Å². The monoisotopic (exact) mass is 397 g/mol. The number of fused-ring (bicyclic) bond motifs is 2. The van der Waals surface area contributed by atoms with Gasteiger partial charge >= 0.3 is 0 Å². The Morgan fingerprint density at radius 3 is 2.03 bits per heavy atom. The van der Waals surface area contributed by atoms with Gasteiger partial charge in [0.15, 0.2) is 0 Å². The number of rotatable bonds is 2. The summed E-state index contributed by atoms with van der Waals surface area (Å²) in [5.41, 5.74) is 5.36. The minimum atomic E-state index is -3.58. The van der Waals surface area contributed by atoms with E-state index in [2.05, 4.69) is 23.1 Å². The van der Waals surface area contributed by atoms with Gasteiger partial charge in [0, 0.05) is 5.56 Å². The van der Waals surface area contributed by atoms with E-state index in [4.69, 9.17) is 0 Å². The van der Waals surface area contributed by atoms with Gasteiger partial charge in [0.25, 0.3) is 0 Å². The maximum absolute atomic E-state index is 13.4. The van der Waals surface area contributed by atoms with Crippen LogP contribution in [0.5, 0.6) is 0 Å². The van der Waals surface area contributed by atoms with E-state index in [0.29, 0.717) is 21.2 Å². The van der Waals surface area contributed by atoms with Crippen LogP contribution in [0.2, 0.25) is 0 Å². The Kier molecular flexibility index (Phi) is 4.03. The van der Waals surface area contributed by atoms with Crippen LogP contribution in [-0.4, -0.2) is 8.42 Å². The van der Waals surface area contributed by atoms with E-state index in [1.54, 1.807) is 18.2 Å². The second kappa shape index (κ2) is 6.61. The fraction of sp³-hybridized carbons (Fsp3) is 0.0400. The number of hydrogen-bond acceptors (Lipinski definition) is 3. The lowest BCUT2D eigenvalue weighted by Gasteiger charge is -2.34. The van der Waals surface area contributed by atoms with Crippen LogP contribution in [0, 0.1) is 6.92 Å². The van der Waals surface area contributed by atoms with Crippen molar-refractivity contribution in [3.8, 4) is 11.1 Å². The van der Waals surface area contributed by atoms with Crippen molar-refractivity contribution in [1.82, 2.24) is 0 Å². The summed E-state index contributed by atoms with van der Waals surface area (Å²) in [7, 11) is -3.58. The summed E-state index contributed by atoms with van der Waals surface area (Å²) in [6, 6.07) is 31.1. The minimum absolute atomic E-state index is 0.334. The van der Waals surface area contributed by atoms with Gasteiger partial charge in [-0.15, -0.1) is 0 Å². The van der Waals surface area contributed by atoms with Crippen LogP contribution >= 0.6 is 0 Å². The Balaban J connectivity index is 1.85. The molecule has 1 aliphatic heterocycles. The quantitative estimate of drug-likeness (QED) is 0.352. The smallest absolute Gasteiger partial charge is 0.210 e. The first-order chi connectivity index (χ1) is 14.1. The zero-order valence-electron chi connectivity index (χ0n) is 15.9. The highest BCUT2D eigenvalue weighted by Crippen LogP contribution is 2.50. The molecule has 3 nitrogen and oxygen atoms in total. The van der Waals surface area contributed by atoms with Crippen LogP contribution in [0.4, 0.5) is 17.1 Å². The molecule has 4 heteroatoms. The summed E-state index contributed by atoms with van der Waals surface area (Å²) >= 11 is 0. The molecule has 1 heterocycles. The lowest BCUT2D eigenvalue weighted by Crippen LogP contribution is -2.22. The van der Waals surface area contributed by atoms with Gasteiger partial charge in [-0.2, -0.15) is 0 Å². The molecule has 0 amide bonds. The Bertz CT molecular complexity index is 1330. The summed E-state index contributed by atoms with van der Waals surface area (Å²) in [6.45, 7) is 1.92. The summed E-state index contributed by atoms with van der Waals surface area (Å²) < 4.78 is 26.7. The maximum atomic E-state index is 13.4. The molecule has 0 saturated heterocycles. The molecule has 0 radical (unpaired) electrons. The van der Waals surface area contributed by atoms with E-state index in [1.165, 1.54) is 0 Å². The SMILES string of the molecule is Cc1ccc2c(c1)S(=O)(=O)c1ccccc1N2c1ccccc1-c1ccccc1. The number of benzene rings is 4. The van der Waals surface area contributed by atoms with E-state index in [-0.39, 0.29) is 0 Å². The minimum Gasteiger partial charge on any atom is -0.307 e. The zero-order valence-corrected chi connectivity index (χ0v) is 16.7. The Labute approximate surface area is 170 Å². The van der Waals surface area contributed by atoms with Gasteiger partial charge in [-0.05, 0) is 48.4 Å². The third-order valence-corrected chi connectivity index (χ3v) is 7.10. The molecule has 142 valence electrons. The number of anilines is 3. The average molecular weight is 397 g/mol. The van der Waals surface area contributed by atoms with Gasteiger partial charge in [0.1, 0.15) is 0 Å². The Morgan fingerprint density at radius 2 is 1.24 bits per heavy atom. The molecule has 1 aliphatic rings. The van der Waals surface area contributed by atoms with E-state index in [9.17, 15) is 8.42 Å². The summed E-state index contributed by atoms with van der Waals surface area (Å²) in [4.78, 5) is 2.74. The molecule has 0 saturated carbocycles. The number of para-hydroxylation sites is 2. The first-order valence-corrected chi connectivity index (χ1v) is 10.9. The fourth-order valence-electron chi connectivity index (χ4n) is 3.93. The van der Waals surface area contributed by atoms with Crippen molar-refractivity contribution in [2.45, 2.75) is 16.7 Å². The summed E-state index contributed by atoms with van der Waals surface area (Å²) in [5.74, 6) is 0. The maximum Gasteiger partial charge on any atom is 0.210 e. The molecule has 0 spiro atoms. The van der Waals surface area contributed by atoms with Crippen molar-refractivity contribution in [3.63, 3.8) is 0 Å². The molecule has 4 aromatic carbocycles. The largest absolute Gasteiger partial charge is 0.307 e. The number of nitrogens with zero attached hydrogens (tertiary/aromatic N) is 1. The Morgan fingerprint density at radius 1 is 0.621 bits per heavy atom. The molecule has 0 fully saturated rings. The predicted molar refractivity (Wildman–Crippen MR) is 117 cm³/mol. The highest BCUT2D eigenvalue weighted by Gasteiger charge is 2.35. The van der Waals surface area contributed by atoms with Gasteiger partial charge < -0.3 is 4.90 Å². The van der Waals surface area contributed by atoms with E-state index in [1.807, 2.05) is 67.6 Å². The lowest BCUT2D eigenvalue weighted by atomic mass is 10.0. The van der Waals surface area contributed by atoms with Crippen LogP contribution in [0.25, 0.3) is 11.1 Å². The normalized spacial score (nSPS) is 14.2. The van der Waals surface area contributed by atoms with Crippen molar-refractivity contribution in [2.75, 3.05) is 4.90 Å². The first kappa shape index (κ1) is 17.7. The van der Waals surface area contributed by atoms with Gasteiger partial charge in [0.2, 0.25) is 9.84 Å². The first-order valence-electron chi connectivity index (χ1n) is 9.47. The molecule has 0 aromatic heterocycles. The molecule has 0 aliphatic carbocycles. The number of sulfone groups is 1. The molecule has 29 heavy (non-hydrogen) atoms. The summed E-state index contributed by atoms with van der Waals surface area (Å²) in [5, 5.41) is 0. The molecule has 0 unspecified atom stereocenters. The molecule has 0 atom stereocenters. The van der Waals surface area contributed by atoms with Crippen LogP contribution < -0.4 is 4.90 Å². The van der Waals surface area contributed by atoms with E-state index < -0.39 is 9.84 Å². The van der Waals surface area contributed by atoms with Crippen molar-refractivity contribution < 1.29 is 8.42 Å². The van der Waals surface area contributed by atoms with Crippen LogP contribution in [-0.2, 0) is 9.84 Å². The van der Waals surface area contributed by atoms with Gasteiger partial charge in [0.05, 0.1) is 26.9 Å². The van der Waals surface area contributed by atoms with E-state index in [0.717, 1.165) is 22.4 Å². The standard InChI is InChI=1S/C25H19NO2S/c1-18-15-16-23-25(17-18)29(27,28)24-14-8-7-13-22(24)26(23)21-12-6-5-11-20(21)19-9-3-2-4-10-19/h2-17H,1H3. The highest BCUT2D eigenvalue weighted by atomic mass is 32.2. The predicted octanol–water partition coefficient (Wildman–Crippen LogP) is 6.28. The fourth-order valence-corrected chi connectivity index (χ4v) is 5.63. The zero-order chi connectivity index (χ0) is 20.0. The number of aryl methyl sites for hydroxylation is 1. The molecular formula is C25H19NO2S. The van der Waals surface area contributed by atoms with Gasteiger partial charge in [-0.3, -0.25) is 0 Å². The third-order valence-electron chi connectivity index (χ3n) is 5.27. The van der Waals surface area contributed by atoms with Crippen molar-refractivity contribution in [3.05, 3.63) is 103 Å². The lowest BCUT2D eigenvalue weighted by molar-refractivity contribution is 0.595. The molecular weight excluding hydrogens is 378 g/mol.